The first-order chi connectivity index (χ1) is 20.3. The molecular formula is C38H46N2OS. The van der Waals surface area contributed by atoms with Gasteiger partial charge in [-0.3, -0.25) is 4.79 Å². The van der Waals surface area contributed by atoms with Gasteiger partial charge in [0, 0.05) is 22.3 Å². The molecule has 2 aliphatic carbocycles. The summed E-state index contributed by atoms with van der Waals surface area (Å²) < 4.78 is 0. The molecule has 220 valence electrons. The van der Waals surface area contributed by atoms with E-state index in [0.717, 1.165) is 24.1 Å². The number of nitrogens with zero attached hydrogens (tertiary/aromatic N) is 1. The molecule has 42 heavy (non-hydrogen) atoms. The smallest absolute Gasteiger partial charge is 0.229 e. The lowest BCUT2D eigenvalue weighted by Crippen LogP contribution is -2.32. The lowest BCUT2D eigenvalue weighted by Gasteiger charge is -2.36. The van der Waals surface area contributed by atoms with Gasteiger partial charge in [-0.15, -0.1) is 11.3 Å². The molecule has 1 N–H and O–H groups in total. The number of thiazole rings is 1. The molecule has 0 aliphatic heterocycles. The van der Waals surface area contributed by atoms with E-state index in [1.807, 2.05) is 33.1 Å². The third kappa shape index (κ3) is 6.01. The van der Waals surface area contributed by atoms with Crippen LogP contribution >= 0.6 is 11.3 Å². The molecule has 1 heterocycles. The Morgan fingerprint density at radius 3 is 2.48 bits per heavy atom. The highest BCUT2D eigenvalue weighted by molar-refractivity contribution is 7.14. The minimum atomic E-state index is -0.185. The Labute approximate surface area is 256 Å². The third-order valence-electron chi connectivity index (χ3n) is 8.82. The van der Waals surface area contributed by atoms with E-state index in [0.29, 0.717) is 17.0 Å². The zero-order valence-corrected chi connectivity index (χ0v) is 27.3. The Morgan fingerprint density at radius 1 is 1.02 bits per heavy atom. The summed E-state index contributed by atoms with van der Waals surface area (Å²) in [5, 5.41) is 8.25. The number of hydrogen-bond acceptors (Lipinski definition) is 3. The van der Waals surface area contributed by atoms with E-state index in [4.69, 9.17) is 4.98 Å². The highest BCUT2D eigenvalue weighted by atomic mass is 32.1. The van der Waals surface area contributed by atoms with Gasteiger partial charge in [0.15, 0.2) is 5.13 Å². The normalized spacial score (nSPS) is 21.0. The van der Waals surface area contributed by atoms with Crippen molar-refractivity contribution in [1.82, 2.24) is 4.98 Å². The van der Waals surface area contributed by atoms with E-state index < -0.39 is 0 Å². The molecule has 3 nitrogen and oxygen atoms in total. The predicted molar refractivity (Wildman–Crippen MR) is 182 cm³/mol. The molecule has 0 spiro atoms. The van der Waals surface area contributed by atoms with Crippen LogP contribution < -0.4 is 5.32 Å². The Balaban J connectivity index is 0.000000972. The largest absolute Gasteiger partial charge is 0.302 e. The molecule has 0 fully saturated rings. The van der Waals surface area contributed by atoms with Crippen LogP contribution in [0.3, 0.4) is 0 Å². The minimum Gasteiger partial charge on any atom is -0.302 e. The third-order valence-corrected chi connectivity index (χ3v) is 9.58. The first-order valence-electron chi connectivity index (χ1n) is 15.6. The summed E-state index contributed by atoms with van der Waals surface area (Å²) in [4.78, 5) is 18.3. The second kappa shape index (κ2) is 13.6. The maximum Gasteiger partial charge on any atom is 0.229 e. The summed E-state index contributed by atoms with van der Waals surface area (Å²) in [6.45, 7) is 16.9. The van der Waals surface area contributed by atoms with Crippen LogP contribution in [0.4, 0.5) is 5.13 Å². The summed E-state index contributed by atoms with van der Waals surface area (Å²) >= 11 is 1.49. The van der Waals surface area contributed by atoms with Gasteiger partial charge in [0.05, 0.1) is 5.69 Å². The first-order valence-corrected chi connectivity index (χ1v) is 16.5. The Morgan fingerprint density at radius 2 is 1.71 bits per heavy atom. The number of rotatable bonds is 5. The fraction of sp³-hybridized carbons (Fsp3) is 0.368. The van der Waals surface area contributed by atoms with E-state index in [1.165, 1.54) is 44.4 Å². The minimum absolute atomic E-state index is 0.0270. The molecule has 4 heteroatoms. The van der Waals surface area contributed by atoms with Crippen molar-refractivity contribution >= 4 is 33.1 Å². The Bertz CT molecular complexity index is 1600. The van der Waals surface area contributed by atoms with E-state index in [-0.39, 0.29) is 17.2 Å². The van der Waals surface area contributed by atoms with E-state index in [9.17, 15) is 4.79 Å². The molecular weight excluding hydrogens is 532 g/mol. The molecule has 1 amide bonds. The summed E-state index contributed by atoms with van der Waals surface area (Å²) in [7, 11) is 0. The number of hydrogen-bond donors (Lipinski definition) is 1. The number of anilines is 1. The van der Waals surface area contributed by atoms with Crippen LogP contribution in [0.2, 0.25) is 0 Å². The predicted octanol–water partition coefficient (Wildman–Crippen LogP) is 10.9. The van der Waals surface area contributed by atoms with E-state index >= 15 is 0 Å². The van der Waals surface area contributed by atoms with E-state index in [1.54, 1.807) is 0 Å². The maximum absolute atomic E-state index is 13.5. The molecule has 2 aliphatic rings. The van der Waals surface area contributed by atoms with Crippen molar-refractivity contribution in [1.29, 1.82) is 0 Å². The number of allylic oxidation sites excluding steroid dienone is 4. The number of carbonyl (C=O) groups is 1. The van der Waals surface area contributed by atoms with Gasteiger partial charge in [0.25, 0.3) is 0 Å². The van der Waals surface area contributed by atoms with Gasteiger partial charge in [-0.2, -0.15) is 0 Å². The quantitative estimate of drug-likeness (QED) is 0.256. The van der Waals surface area contributed by atoms with Crippen LogP contribution in [-0.2, 0) is 10.2 Å². The van der Waals surface area contributed by atoms with Crippen molar-refractivity contribution in [2.45, 2.75) is 79.6 Å². The number of carbonyl (C=O) groups excluding carboxylic acids is 1. The number of benzene rings is 3. The van der Waals surface area contributed by atoms with Crippen molar-refractivity contribution < 1.29 is 4.79 Å². The SMILES string of the molecule is CC.CC.Cc1ccc(-c2csc(NC(=O)C(C)CC3(C)C4=CC=CC(C4)C(C)c4ccccc43)n2)c2ccccc12. The van der Waals surface area contributed by atoms with Crippen LogP contribution in [0.25, 0.3) is 22.0 Å². The van der Waals surface area contributed by atoms with Gasteiger partial charge in [-0.1, -0.05) is 133 Å². The molecule has 1 aromatic heterocycles. The zero-order chi connectivity index (χ0) is 30.4. The summed E-state index contributed by atoms with van der Waals surface area (Å²) in [5.74, 6) is 0.829. The molecule has 2 bridgehead atoms. The fourth-order valence-electron chi connectivity index (χ4n) is 6.56. The van der Waals surface area contributed by atoms with Gasteiger partial charge in [-0.25, -0.2) is 4.98 Å². The first kappa shape index (κ1) is 31.4. The highest BCUT2D eigenvalue weighted by Crippen LogP contribution is 2.50. The monoisotopic (exact) mass is 578 g/mol. The van der Waals surface area contributed by atoms with Crippen LogP contribution in [0.5, 0.6) is 0 Å². The standard InChI is InChI=1S/C34H34N2OS.2C2H6/c1-21-16-17-29(28-14-6-5-12-26(21)28)31-20-38-33(35-31)36-32(37)22(2)19-34(4)25-11-9-10-24(18-25)23(3)27-13-7-8-15-30(27)34;2*1-2/h5-17,20,22-24H,18-19H2,1-4H3,(H,35,36,37);2*1-2H3. The van der Waals surface area contributed by atoms with Gasteiger partial charge in [-0.05, 0) is 59.1 Å². The Hall–Kier alpha value is -3.50. The van der Waals surface area contributed by atoms with Crippen molar-refractivity contribution in [3.05, 3.63) is 107 Å². The van der Waals surface area contributed by atoms with Crippen molar-refractivity contribution in [2.24, 2.45) is 11.8 Å². The average Bonchev–Trinajstić information content (AvgIpc) is 3.49. The summed E-state index contributed by atoms with van der Waals surface area (Å²) in [5.41, 5.74) is 7.28. The molecule has 0 saturated carbocycles. The van der Waals surface area contributed by atoms with Crippen molar-refractivity contribution in [3.63, 3.8) is 0 Å². The van der Waals surface area contributed by atoms with Gasteiger partial charge in [0.1, 0.15) is 0 Å². The van der Waals surface area contributed by atoms with Gasteiger partial charge >= 0.3 is 0 Å². The van der Waals surface area contributed by atoms with E-state index in [2.05, 4.69) is 112 Å². The van der Waals surface area contributed by atoms with Crippen LogP contribution in [0, 0.1) is 18.8 Å². The molecule has 4 atom stereocenters. The fourth-order valence-corrected chi connectivity index (χ4v) is 7.27. The summed E-state index contributed by atoms with van der Waals surface area (Å²) in [6, 6.07) is 21.5. The molecule has 6 rings (SSSR count). The molecule has 0 radical (unpaired) electrons. The Kier molecular flexibility index (Phi) is 10.2. The van der Waals surface area contributed by atoms with Crippen molar-refractivity contribution in [3.8, 4) is 11.3 Å². The number of amides is 1. The second-order valence-electron chi connectivity index (χ2n) is 11.3. The number of aromatic nitrogens is 1. The highest BCUT2D eigenvalue weighted by Gasteiger charge is 2.41. The maximum atomic E-state index is 13.5. The van der Waals surface area contributed by atoms with Gasteiger partial charge in [0.2, 0.25) is 5.91 Å². The van der Waals surface area contributed by atoms with Crippen LogP contribution in [0.15, 0.2) is 89.8 Å². The second-order valence-corrected chi connectivity index (χ2v) is 12.1. The molecule has 4 aromatic rings. The van der Waals surface area contributed by atoms with Gasteiger partial charge < -0.3 is 5.32 Å². The van der Waals surface area contributed by atoms with Crippen LogP contribution in [-0.4, -0.2) is 10.9 Å². The van der Waals surface area contributed by atoms with Crippen LogP contribution in [0.1, 0.15) is 83.9 Å². The average molecular weight is 579 g/mol. The number of fused-ring (bicyclic) bond motifs is 4. The molecule has 3 aromatic carbocycles. The van der Waals surface area contributed by atoms with Crippen molar-refractivity contribution in [2.75, 3.05) is 5.32 Å². The lowest BCUT2D eigenvalue weighted by molar-refractivity contribution is -0.119. The number of aryl methyl sites for hydroxylation is 1. The zero-order valence-electron chi connectivity index (χ0n) is 26.5. The number of nitrogens with one attached hydrogen (secondary N) is 1. The summed E-state index contributed by atoms with van der Waals surface area (Å²) in [6.07, 6.45) is 8.67. The topological polar surface area (TPSA) is 42.0 Å². The lowest BCUT2D eigenvalue weighted by atomic mass is 9.68. The molecule has 0 saturated heterocycles. The molecule has 4 unspecified atom stereocenters.